The Labute approximate surface area is 155 Å². The van der Waals surface area contributed by atoms with Crippen molar-refractivity contribution in [1.82, 2.24) is 29.5 Å². The van der Waals surface area contributed by atoms with E-state index in [1.807, 2.05) is 31.5 Å². The molecule has 0 amide bonds. The summed E-state index contributed by atoms with van der Waals surface area (Å²) in [6.45, 7) is 3.90. The minimum Gasteiger partial charge on any atom is -0.437 e. The van der Waals surface area contributed by atoms with E-state index in [1.54, 1.807) is 24.7 Å². The number of aryl methyl sites for hydroxylation is 3. The van der Waals surface area contributed by atoms with Gasteiger partial charge in [-0.25, -0.2) is 15.0 Å². The Morgan fingerprint density at radius 1 is 1.07 bits per heavy atom. The molecule has 4 aromatic rings. The van der Waals surface area contributed by atoms with Crippen molar-refractivity contribution in [2.24, 2.45) is 7.05 Å². The van der Waals surface area contributed by atoms with Crippen molar-refractivity contribution < 1.29 is 4.74 Å². The Kier molecular flexibility index (Phi) is 4.03. The predicted molar refractivity (Wildman–Crippen MR) is 102 cm³/mol. The van der Waals surface area contributed by atoms with Crippen LogP contribution < -0.4 is 15.8 Å². The summed E-state index contributed by atoms with van der Waals surface area (Å²) in [6.07, 6.45) is 4.78. The standard InChI is InChI=1S/C18H18N8O/c1-10-4-11(2)20-7-13(10)27-16-5-12(17-18(25-16)26(3)9-23-17)24-15-6-14(19)21-8-22-15/h4-9H,1-3H3,(H3,19,21,22,24,25). The van der Waals surface area contributed by atoms with Gasteiger partial charge < -0.3 is 20.4 Å². The van der Waals surface area contributed by atoms with Gasteiger partial charge in [-0.1, -0.05) is 0 Å². The second-order valence-electron chi connectivity index (χ2n) is 6.18. The Balaban J connectivity index is 1.76. The lowest BCUT2D eigenvalue weighted by atomic mass is 10.2. The molecule has 27 heavy (non-hydrogen) atoms. The number of nitrogen functional groups attached to an aromatic ring is 1. The fourth-order valence-corrected chi connectivity index (χ4v) is 2.70. The molecule has 0 aliphatic heterocycles. The minimum atomic E-state index is 0.372. The van der Waals surface area contributed by atoms with Gasteiger partial charge in [0.2, 0.25) is 5.88 Å². The molecule has 3 N–H and O–H groups in total. The highest BCUT2D eigenvalue weighted by molar-refractivity contribution is 5.88. The molecule has 4 aromatic heterocycles. The summed E-state index contributed by atoms with van der Waals surface area (Å²) >= 11 is 0. The number of ether oxygens (including phenoxy) is 1. The van der Waals surface area contributed by atoms with Crippen LogP contribution in [0.5, 0.6) is 11.6 Å². The monoisotopic (exact) mass is 362 g/mol. The second-order valence-corrected chi connectivity index (χ2v) is 6.18. The predicted octanol–water partition coefficient (Wildman–Crippen LogP) is 2.89. The van der Waals surface area contributed by atoms with Crippen LogP contribution in [0.15, 0.2) is 37.1 Å². The largest absolute Gasteiger partial charge is 0.437 e. The molecule has 0 bridgehead atoms. The van der Waals surface area contributed by atoms with Crippen molar-refractivity contribution in [2.75, 3.05) is 11.1 Å². The van der Waals surface area contributed by atoms with E-state index in [0.717, 1.165) is 11.3 Å². The van der Waals surface area contributed by atoms with Crippen molar-refractivity contribution in [1.29, 1.82) is 0 Å². The highest BCUT2D eigenvalue weighted by Crippen LogP contribution is 2.31. The number of pyridine rings is 2. The Bertz CT molecular complexity index is 1140. The first kappa shape index (κ1) is 16.7. The zero-order valence-electron chi connectivity index (χ0n) is 15.1. The molecule has 4 rings (SSSR count). The Morgan fingerprint density at radius 2 is 1.93 bits per heavy atom. The quantitative estimate of drug-likeness (QED) is 0.569. The molecule has 0 unspecified atom stereocenters. The van der Waals surface area contributed by atoms with Crippen LogP contribution in [-0.4, -0.2) is 29.5 Å². The van der Waals surface area contributed by atoms with Gasteiger partial charge in [0.1, 0.15) is 23.5 Å². The van der Waals surface area contributed by atoms with E-state index in [0.29, 0.717) is 40.1 Å². The van der Waals surface area contributed by atoms with Gasteiger partial charge in [0.05, 0.1) is 18.2 Å². The number of hydrogen-bond donors (Lipinski definition) is 2. The number of nitrogens with zero attached hydrogens (tertiary/aromatic N) is 6. The number of rotatable bonds is 4. The van der Waals surface area contributed by atoms with Crippen LogP contribution in [0.4, 0.5) is 17.3 Å². The smallest absolute Gasteiger partial charge is 0.223 e. The molecule has 9 heteroatoms. The van der Waals surface area contributed by atoms with E-state index in [1.165, 1.54) is 6.33 Å². The van der Waals surface area contributed by atoms with Crippen molar-refractivity contribution in [3.05, 3.63) is 48.3 Å². The maximum atomic E-state index is 5.99. The molecule has 0 aromatic carbocycles. The van der Waals surface area contributed by atoms with Crippen LogP contribution in [0, 0.1) is 13.8 Å². The van der Waals surface area contributed by atoms with Crippen LogP contribution in [0.2, 0.25) is 0 Å². The summed E-state index contributed by atoms with van der Waals surface area (Å²) in [6, 6.07) is 5.37. The molecule has 0 spiro atoms. The van der Waals surface area contributed by atoms with Gasteiger partial charge in [-0.3, -0.25) is 4.98 Å². The van der Waals surface area contributed by atoms with Crippen molar-refractivity contribution in [3.8, 4) is 11.6 Å². The average Bonchev–Trinajstić information content (AvgIpc) is 2.99. The van der Waals surface area contributed by atoms with E-state index in [4.69, 9.17) is 10.5 Å². The molecule has 136 valence electrons. The van der Waals surface area contributed by atoms with Gasteiger partial charge in [-0.2, -0.15) is 4.98 Å². The highest BCUT2D eigenvalue weighted by Gasteiger charge is 2.13. The van der Waals surface area contributed by atoms with Crippen LogP contribution >= 0.6 is 0 Å². The average molecular weight is 362 g/mol. The molecule has 0 aliphatic rings. The minimum absolute atomic E-state index is 0.372. The molecule has 0 fully saturated rings. The number of nitrogens with one attached hydrogen (secondary N) is 1. The Hall–Kier alpha value is -3.75. The summed E-state index contributed by atoms with van der Waals surface area (Å²) in [7, 11) is 1.87. The topological polar surface area (TPSA) is 117 Å². The third-order valence-electron chi connectivity index (χ3n) is 4.01. The lowest BCUT2D eigenvalue weighted by Crippen LogP contribution is -2.00. The normalized spacial score (nSPS) is 10.9. The summed E-state index contributed by atoms with van der Waals surface area (Å²) in [5.74, 6) is 1.99. The summed E-state index contributed by atoms with van der Waals surface area (Å²) in [5.41, 5.74) is 9.71. The second kappa shape index (κ2) is 6.52. The molecular weight excluding hydrogens is 344 g/mol. The number of imidazole rings is 1. The zero-order chi connectivity index (χ0) is 19.0. The van der Waals surface area contributed by atoms with Crippen molar-refractivity contribution in [2.45, 2.75) is 13.8 Å². The maximum absolute atomic E-state index is 5.99. The first-order valence-electron chi connectivity index (χ1n) is 8.27. The number of fused-ring (bicyclic) bond motifs is 1. The number of nitrogens with two attached hydrogens (primary N) is 1. The third-order valence-corrected chi connectivity index (χ3v) is 4.01. The van der Waals surface area contributed by atoms with E-state index in [2.05, 4.69) is 30.2 Å². The van der Waals surface area contributed by atoms with Crippen LogP contribution in [-0.2, 0) is 7.05 Å². The van der Waals surface area contributed by atoms with Crippen LogP contribution in [0.1, 0.15) is 11.3 Å². The number of anilines is 3. The van der Waals surface area contributed by atoms with Crippen molar-refractivity contribution in [3.63, 3.8) is 0 Å². The molecule has 0 radical (unpaired) electrons. The summed E-state index contributed by atoms with van der Waals surface area (Å²) < 4.78 is 7.81. The summed E-state index contributed by atoms with van der Waals surface area (Å²) in [5, 5.41) is 3.21. The molecule has 0 saturated carbocycles. The van der Waals surface area contributed by atoms with Gasteiger partial charge in [0.15, 0.2) is 11.4 Å². The van der Waals surface area contributed by atoms with E-state index >= 15 is 0 Å². The van der Waals surface area contributed by atoms with Gasteiger partial charge >= 0.3 is 0 Å². The fraction of sp³-hybridized carbons (Fsp3) is 0.167. The van der Waals surface area contributed by atoms with Gasteiger partial charge in [-0.15, -0.1) is 0 Å². The van der Waals surface area contributed by atoms with E-state index in [-0.39, 0.29) is 0 Å². The van der Waals surface area contributed by atoms with E-state index in [9.17, 15) is 0 Å². The number of hydrogen-bond acceptors (Lipinski definition) is 8. The first-order valence-corrected chi connectivity index (χ1v) is 8.27. The van der Waals surface area contributed by atoms with Gasteiger partial charge in [-0.05, 0) is 25.5 Å². The zero-order valence-corrected chi connectivity index (χ0v) is 15.1. The first-order chi connectivity index (χ1) is 13.0. The maximum Gasteiger partial charge on any atom is 0.223 e. The Morgan fingerprint density at radius 3 is 2.70 bits per heavy atom. The molecule has 4 heterocycles. The molecule has 0 aliphatic carbocycles. The fourth-order valence-electron chi connectivity index (χ4n) is 2.70. The highest BCUT2D eigenvalue weighted by atomic mass is 16.5. The van der Waals surface area contributed by atoms with Crippen LogP contribution in [0.25, 0.3) is 11.2 Å². The van der Waals surface area contributed by atoms with E-state index < -0.39 is 0 Å². The van der Waals surface area contributed by atoms with Crippen molar-refractivity contribution >= 4 is 28.5 Å². The molecule has 9 nitrogen and oxygen atoms in total. The molecule has 0 saturated heterocycles. The SMILES string of the molecule is Cc1cc(C)c(Oc2cc(Nc3cc(N)ncn3)c3ncn(C)c3n2)cn1. The summed E-state index contributed by atoms with van der Waals surface area (Å²) in [4.78, 5) is 21.3. The molecule has 0 atom stereocenters. The number of aromatic nitrogens is 6. The lowest BCUT2D eigenvalue weighted by molar-refractivity contribution is 0.458. The van der Waals surface area contributed by atoms with Gasteiger partial charge in [0, 0.05) is 24.9 Å². The van der Waals surface area contributed by atoms with Crippen LogP contribution in [0.3, 0.4) is 0 Å². The molecular formula is C18H18N8O. The van der Waals surface area contributed by atoms with Gasteiger partial charge in [0.25, 0.3) is 0 Å². The lowest BCUT2D eigenvalue weighted by Gasteiger charge is -2.11. The third kappa shape index (κ3) is 3.34.